The van der Waals surface area contributed by atoms with E-state index in [1.54, 1.807) is 6.07 Å². The van der Waals surface area contributed by atoms with Gasteiger partial charge in [0.2, 0.25) is 5.91 Å². The van der Waals surface area contributed by atoms with Gasteiger partial charge >= 0.3 is 5.76 Å². The van der Waals surface area contributed by atoms with Crippen molar-refractivity contribution in [2.75, 3.05) is 13.1 Å². The first-order valence-corrected chi connectivity index (χ1v) is 9.84. The van der Waals surface area contributed by atoms with Gasteiger partial charge in [-0.25, -0.2) is 4.79 Å². The summed E-state index contributed by atoms with van der Waals surface area (Å²) >= 11 is 0. The van der Waals surface area contributed by atoms with Gasteiger partial charge in [0.1, 0.15) is 0 Å². The first-order chi connectivity index (χ1) is 13.7. The third-order valence-electron chi connectivity index (χ3n) is 5.25. The summed E-state index contributed by atoms with van der Waals surface area (Å²) in [4.78, 5) is 26.6. The third-order valence-corrected chi connectivity index (χ3v) is 5.25. The molecule has 1 N–H and O–H groups in total. The minimum Gasteiger partial charge on any atom is -0.408 e. The number of aromatic nitrogens is 1. The van der Waals surface area contributed by atoms with Crippen LogP contribution in [0.2, 0.25) is 0 Å². The van der Waals surface area contributed by atoms with Crippen LogP contribution in [0.3, 0.4) is 0 Å². The van der Waals surface area contributed by atoms with Crippen LogP contribution < -0.4 is 11.1 Å². The van der Waals surface area contributed by atoms with Crippen molar-refractivity contribution < 1.29 is 9.21 Å². The Balaban J connectivity index is 1.27. The van der Waals surface area contributed by atoms with Crippen LogP contribution in [0.5, 0.6) is 0 Å². The summed E-state index contributed by atoms with van der Waals surface area (Å²) < 4.78 is 6.69. The fourth-order valence-electron chi connectivity index (χ4n) is 3.69. The van der Waals surface area contributed by atoms with Crippen LogP contribution in [0, 0.1) is 0 Å². The van der Waals surface area contributed by atoms with Crippen LogP contribution in [0.15, 0.2) is 57.7 Å². The van der Waals surface area contributed by atoms with Crippen molar-refractivity contribution in [2.24, 2.45) is 0 Å². The van der Waals surface area contributed by atoms with Crippen molar-refractivity contribution >= 4 is 17.0 Å². The van der Waals surface area contributed by atoms with E-state index in [9.17, 15) is 9.59 Å². The topological polar surface area (TPSA) is 67.5 Å². The van der Waals surface area contributed by atoms with E-state index in [2.05, 4.69) is 34.5 Å². The van der Waals surface area contributed by atoms with E-state index < -0.39 is 5.76 Å². The van der Waals surface area contributed by atoms with E-state index in [4.69, 9.17) is 4.42 Å². The minimum absolute atomic E-state index is 0.0849. The maximum Gasteiger partial charge on any atom is 0.419 e. The maximum atomic E-state index is 12.2. The molecule has 28 heavy (non-hydrogen) atoms. The van der Waals surface area contributed by atoms with E-state index in [1.165, 1.54) is 36.1 Å². The number of amides is 1. The standard InChI is InChI=1S/C22H25N3O3/c26-21(11-14-25-19-5-1-2-6-20(19)28-22(25)27)23-15-17-7-9-18(10-8-17)16-24-12-3-4-13-24/h1-2,5-10H,3-4,11-16H2,(H,23,26). The lowest BCUT2D eigenvalue weighted by Gasteiger charge is -2.14. The number of hydrogen-bond donors (Lipinski definition) is 1. The molecule has 1 saturated heterocycles. The molecule has 3 aromatic rings. The van der Waals surface area contributed by atoms with Gasteiger partial charge in [-0.2, -0.15) is 0 Å². The van der Waals surface area contributed by atoms with Gasteiger partial charge in [-0.15, -0.1) is 0 Å². The van der Waals surface area contributed by atoms with E-state index in [1.807, 2.05) is 18.2 Å². The van der Waals surface area contributed by atoms with Crippen molar-refractivity contribution in [3.63, 3.8) is 0 Å². The molecule has 0 atom stereocenters. The molecule has 6 heteroatoms. The molecule has 1 aromatic heterocycles. The van der Waals surface area contributed by atoms with E-state index in [0.29, 0.717) is 24.2 Å². The van der Waals surface area contributed by atoms with E-state index in [-0.39, 0.29) is 12.3 Å². The number of rotatable bonds is 7. The summed E-state index contributed by atoms with van der Waals surface area (Å²) in [6.45, 7) is 4.17. The molecule has 146 valence electrons. The number of hydrogen-bond acceptors (Lipinski definition) is 4. The molecule has 1 amide bonds. The van der Waals surface area contributed by atoms with Gasteiger partial charge in [0.05, 0.1) is 5.52 Å². The Hall–Kier alpha value is -2.86. The largest absolute Gasteiger partial charge is 0.419 e. The molecule has 0 unspecified atom stereocenters. The molecule has 6 nitrogen and oxygen atoms in total. The Kier molecular flexibility index (Phi) is 5.58. The molecule has 0 bridgehead atoms. The van der Waals surface area contributed by atoms with Crippen LogP contribution in [0.25, 0.3) is 11.1 Å². The molecule has 0 saturated carbocycles. The molecule has 1 aliphatic heterocycles. The van der Waals surface area contributed by atoms with Crippen molar-refractivity contribution in [3.05, 3.63) is 70.2 Å². The molecule has 1 fully saturated rings. The Morgan fingerprint density at radius 2 is 1.71 bits per heavy atom. The van der Waals surface area contributed by atoms with Crippen LogP contribution in [-0.4, -0.2) is 28.5 Å². The van der Waals surface area contributed by atoms with Gasteiger partial charge in [-0.3, -0.25) is 14.3 Å². The first kappa shape index (κ1) is 18.5. The highest BCUT2D eigenvalue weighted by Gasteiger charge is 2.12. The number of oxazole rings is 1. The van der Waals surface area contributed by atoms with Gasteiger partial charge in [0, 0.05) is 26.1 Å². The quantitative estimate of drug-likeness (QED) is 0.685. The van der Waals surface area contributed by atoms with Gasteiger partial charge in [0.25, 0.3) is 0 Å². The third kappa shape index (κ3) is 4.34. The molecule has 0 aliphatic carbocycles. The summed E-state index contributed by atoms with van der Waals surface area (Å²) in [5, 5.41) is 2.93. The normalized spacial score (nSPS) is 14.6. The van der Waals surface area contributed by atoms with Gasteiger partial charge < -0.3 is 9.73 Å². The van der Waals surface area contributed by atoms with Gasteiger partial charge in [0.15, 0.2) is 5.58 Å². The number of carbonyl (C=O) groups is 1. The zero-order valence-corrected chi connectivity index (χ0v) is 15.9. The molecule has 2 heterocycles. The summed E-state index contributed by atoms with van der Waals surface area (Å²) in [5.74, 6) is -0.513. The fraction of sp³-hybridized carbons (Fsp3) is 0.364. The van der Waals surface area contributed by atoms with Crippen LogP contribution >= 0.6 is 0 Å². The summed E-state index contributed by atoms with van der Waals surface area (Å²) in [7, 11) is 0. The average molecular weight is 379 g/mol. The molecular weight excluding hydrogens is 354 g/mol. The number of carbonyl (C=O) groups excluding carboxylic acids is 1. The van der Waals surface area contributed by atoms with Crippen LogP contribution in [-0.2, 0) is 24.4 Å². The van der Waals surface area contributed by atoms with Crippen molar-refractivity contribution in [3.8, 4) is 0 Å². The lowest BCUT2D eigenvalue weighted by Crippen LogP contribution is -2.25. The molecule has 0 spiro atoms. The maximum absolute atomic E-state index is 12.2. The molecule has 0 radical (unpaired) electrons. The smallest absolute Gasteiger partial charge is 0.408 e. The minimum atomic E-state index is -0.428. The van der Waals surface area contributed by atoms with Crippen molar-refractivity contribution in [2.45, 2.75) is 38.9 Å². The van der Waals surface area contributed by atoms with E-state index in [0.717, 1.165) is 12.1 Å². The first-order valence-electron chi connectivity index (χ1n) is 9.84. The Bertz CT molecular complexity index is 998. The predicted octanol–water partition coefficient (Wildman–Crippen LogP) is 2.90. The second-order valence-corrected chi connectivity index (χ2v) is 7.31. The van der Waals surface area contributed by atoms with E-state index >= 15 is 0 Å². The lowest BCUT2D eigenvalue weighted by molar-refractivity contribution is -0.121. The van der Waals surface area contributed by atoms with Crippen molar-refractivity contribution in [1.82, 2.24) is 14.8 Å². The Morgan fingerprint density at radius 1 is 1.00 bits per heavy atom. The Labute approximate surface area is 163 Å². The SMILES string of the molecule is O=C(CCn1c(=O)oc2ccccc21)NCc1ccc(CN2CCCC2)cc1. The number of nitrogens with zero attached hydrogens (tertiary/aromatic N) is 2. The molecular formula is C22H25N3O3. The zero-order valence-electron chi connectivity index (χ0n) is 15.9. The highest BCUT2D eigenvalue weighted by atomic mass is 16.4. The lowest BCUT2D eigenvalue weighted by atomic mass is 10.1. The number of fused-ring (bicyclic) bond motifs is 1. The second-order valence-electron chi connectivity index (χ2n) is 7.31. The summed E-state index contributed by atoms with van der Waals surface area (Å²) in [6.07, 6.45) is 2.83. The van der Waals surface area contributed by atoms with Crippen LogP contribution in [0.1, 0.15) is 30.4 Å². The number of para-hydroxylation sites is 2. The van der Waals surface area contributed by atoms with Gasteiger partial charge in [-0.1, -0.05) is 36.4 Å². The molecule has 2 aromatic carbocycles. The molecule has 1 aliphatic rings. The van der Waals surface area contributed by atoms with Crippen molar-refractivity contribution in [1.29, 1.82) is 0 Å². The fourth-order valence-corrected chi connectivity index (χ4v) is 3.69. The monoisotopic (exact) mass is 379 g/mol. The highest BCUT2D eigenvalue weighted by Crippen LogP contribution is 2.14. The summed E-state index contributed by atoms with van der Waals surface area (Å²) in [5.41, 5.74) is 3.64. The second kappa shape index (κ2) is 8.44. The number of benzene rings is 2. The molecule has 4 rings (SSSR count). The number of likely N-dealkylation sites (tertiary alicyclic amines) is 1. The number of nitrogens with one attached hydrogen (secondary N) is 1. The Morgan fingerprint density at radius 3 is 2.50 bits per heavy atom. The highest BCUT2D eigenvalue weighted by molar-refractivity contribution is 5.76. The van der Waals surface area contributed by atoms with Gasteiger partial charge in [-0.05, 0) is 49.2 Å². The average Bonchev–Trinajstić information content (AvgIpc) is 3.33. The predicted molar refractivity (Wildman–Crippen MR) is 108 cm³/mol. The number of aryl methyl sites for hydroxylation is 1. The summed E-state index contributed by atoms with van der Waals surface area (Å²) in [6, 6.07) is 15.6. The van der Waals surface area contributed by atoms with Crippen LogP contribution in [0.4, 0.5) is 0 Å². The zero-order chi connectivity index (χ0) is 19.3.